The fourth-order valence-electron chi connectivity index (χ4n) is 3.75. The highest BCUT2D eigenvalue weighted by Crippen LogP contribution is 2.25. The van der Waals surface area contributed by atoms with E-state index in [4.69, 9.17) is 9.47 Å². The number of piperazine rings is 1. The first-order chi connectivity index (χ1) is 15.1. The number of benzene rings is 3. The Bertz CT molecular complexity index is 1010. The van der Waals surface area contributed by atoms with Crippen LogP contribution in [-0.4, -0.2) is 56.0 Å². The van der Waals surface area contributed by atoms with Crippen LogP contribution in [0.15, 0.2) is 72.8 Å². The van der Waals surface area contributed by atoms with E-state index < -0.39 is 0 Å². The zero-order valence-electron chi connectivity index (χ0n) is 18.1. The summed E-state index contributed by atoms with van der Waals surface area (Å²) in [6, 6.07) is 23.8. The van der Waals surface area contributed by atoms with E-state index >= 15 is 0 Å². The zero-order chi connectivity index (χ0) is 21.6. The highest BCUT2D eigenvalue weighted by molar-refractivity contribution is 5.94. The number of hydrogen-bond donors (Lipinski definition) is 0. The summed E-state index contributed by atoms with van der Waals surface area (Å²) in [5.74, 6) is 1.55. The van der Waals surface area contributed by atoms with Crippen LogP contribution in [0.3, 0.4) is 0 Å². The average molecular weight is 417 g/mol. The Morgan fingerprint density at radius 3 is 2.23 bits per heavy atom. The van der Waals surface area contributed by atoms with Gasteiger partial charge in [-0.1, -0.05) is 42.5 Å². The summed E-state index contributed by atoms with van der Waals surface area (Å²) >= 11 is 0. The minimum Gasteiger partial charge on any atom is -0.496 e. The highest BCUT2D eigenvalue weighted by Gasteiger charge is 2.21. The monoisotopic (exact) mass is 416 g/mol. The molecule has 0 bridgehead atoms. The van der Waals surface area contributed by atoms with Gasteiger partial charge in [-0.3, -0.25) is 4.79 Å². The molecule has 5 heteroatoms. The fraction of sp³-hybridized carbons (Fsp3) is 0.269. The van der Waals surface area contributed by atoms with Gasteiger partial charge in [-0.15, -0.1) is 0 Å². The first-order valence-electron chi connectivity index (χ1n) is 10.6. The summed E-state index contributed by atoms with van der Waals surface area (Å²) < 4.78 is 11.5. The Labute approximate surface area is 183 Å². The molecule has 1 heterocycles. The van der Waals surface area contributed by atoms with Gasteiger partial charge in [-0.25, -0.2) is 0 Å². The number of amides is 1. The van der Waals surface area contributed by atoms with Crippen LogP contribution in [0.2, 0.25) is 0 Å². The second kappa shape index (κ2) is 9.67. The van der Waals surface area contributed by atoms with Gasteiger partial charge in [0.05, 0.1) is 7.11 Å². The lowest BCUT2D eigenvalue weighted by Crippen LogP contribution is -2.47. The van der Waals surface area contributed by atoms with Crippen LogP contribution in [0.4, 0.5) is 0 Å². The highest BCUT2D eigenvalue weighted by atomic mass is 16.5. The number of rotatable bonds is 6. The minimum absolute atomic E-state index is 0.0595. The van der Waals surface area contributed by atoms with Crippen molar-refractivity contribution in [1.82, 2.24) is 9.80 Å². The maximum atomic E-state index is 12.9. The topological polar surface area (TPSA) is 42.0 Å². The van der Waals surface area contributed by atoms with Crippen molar-refractivity contribution in [2.24, 2.45) is 0 Å². The third-order valence-corrected chi connectivity index (χ3v) is 5.67. The molecule has 3 aromatic carbocycles. The SMILES string of the molecule is COc1ccc(C(=O)N2CCN(C)CC2)cc1COc1ccc(-c2ccccc2)cc1. The summed E-state index contributed by atoms with van der Waals surface area (Å²) in [5, 5.41) is 0. The van der Waals surface area contributed by atoms with Gasteiger partial charge < -0.3 is 19.3 Å². The first-order valence-corrected chi connectivity index (χ1v) is 10.6. The maximum absolute atomic E-state index is 12.9. The Hall–Kier alpha value is -3.31. The van der Waals surface area contributed by atoms with Crippen molar-refractivity contribution in [3.8, 4) is 22.6 Å². The number of ether oxygens (including phenoxy) is 2. The van der Waals surface area contributed by atoms with Gasteiger partial charge in [0.25, 0.3) is 5.91 Å². The normalized spacial score (nSPS) is 14.3. The lowest BCUT2D eigenvalue weighted by atomic mass is 10.1. The molecular formula is C26H28N2O3. The summed E-state index contributed by atoms with van der Waals surface area (Å²) in [6.45, 7) is 3.63. The van der Waals surface area contributed by atoms with Crippen LogP contribution in [0.25, 0.3) is 11.1 Å². The summed E-state index contributed by atoms with van der Waals surface area (Å²) in [7, 11) is 3.71. The van der Waals surface area contributed by atoms with Gasteiger partial charge in [-0.05, 0) is 48.5 Å². The molecule has 4 rings (SSSR count). The Kier molecular flexibility index (Phi) is 6.53. The average Bonchev–Trinajstić information content (AvgIpc) is 2.83. The number of carbonyl (C=O) groups excluding carboxylic acids is 1. The van der Waals surface area contributed by atoms with Gasteiger partial charge in [-0.2, -0.15) is 0 Å². The Morgan fingerprint density at radius 2 is 1.55 bits per heavy atom. The van der Waals surface area contributed by atoms with Crippen LogP contribution < -0.4 is 9.47 Å². The van der Waals surface area contributed by atoms with E-state index in [0.717, 1.165) is 48.8 Å². The van der Waals surface area contributed by atoms with Crippen molar-refractivity contribution in [2.75, 3.05) is 40.3 Å². The van der Waals surface area contributed by atoms with Gasteiger partial charge in [0.2, 0.25) is 0 Å². The van der Waals surface area contributed by atoms with Crippen molar-refractivity contribution in [1.29, 1.82) is 0 Å². The van der Waals surface area contributed by atoms with Crippen molar-refractivity contribution >= 4 is 5.91 Å². The van der Waals surface area contributed by atoms with Crippen LogP contribution in [0.5, 0.6) is 11.5 Å². The quantitative estimate of drug-likeness (QED) is 0.600. The van der Waals surface area contributed by atoms with Crippen LogP contribution in [-0.2, 0) is 6.61 Å². The van der Waals surface area contributed by atoms with E-state index in [0.29, 0.717) is 12.2 Å². The van der Waals surface area contributed by atoms with Crippen molar-refractivity contribution in [3.05, 3.63) is 83.9 Å². The molecule has 1 saturated heterocycles. The summed E-state index contributed by atoms with van der Waals surface area (Å²) in [5.41, 5.74) is 3.84. The standard InChI is InChI=1S/C26H28N2O3/c1-27-14-16-28(17-15-27)26(29)22-10-13-25(30-2)23(18-22)19-31-24-11-8-21(9-12-24)20-6-4-3-5-7-20/h3-13,18H,14-17,19H2,1-2H3. The molecule has 1 amide bonds. The van der Waals surface area contributed by atoms with E-state index in [9.17, 15) is 4.79 Å². The molecule has 5 nitrogen and oxygen atoms in total. The molecular weight excluding hydrogens is 388 g/mol. The van der Waals surface area contributed by atoms with Crippen LogP contribution >= 0.6 is 0 Å². The predicted molar refractivity (Wildman–Crippen MR) is 123 cm³/mol. The molecule has 160 valence electrons. The third-order valence-electron chi connectivity index (χ3n) is 5.67. The molecule has 0 aliphatic carbocycles. The van der Waals surface area contributed by atoms with Crippen molar-refractivity contribution in [2.45, 2.75) is 6.61 Å². The van der Waals surface area contributed by atoms with E-state index in [1.165, 1.54) is 5.56 Å². The maximum Gasteiger partial charge on any atom is 0.253 e. The minimum atomic E-state index is 0.0595. The van der Waals surface area contributed by atoms with E-state index in [-0.39, 0.29) is 5.91 Å². The number of methoxy groups -OCH3 is 1. The zero-order valence-corrected chi connectivity index (χ0v) is 18.1. The fourth-order valence-corrected chi connectivity index (χ4v) is 3.75. The van der Waals surface area contributed by atoms with Gasteiger partial charge in [0.1, 0.15) is 18.1 Å². The van der Waals surface area contributed by atoms with Gasteiger partial charge in [0.15, 0.2) is 0 Å². The Morgan fingerprint density at radius 1 is 0.871 bits per heavy atom. The molecule has 1 fully saturated rings. The number of carbonyl (C=O) groups is 1. The molecule has 1 aliphatic rings. The van der Waals surface area contributed by atoms with Gasteiger partial charge in [0, 0.05) is 37.3 Å². The van der Waals surface area contributed by atoms with E-state index in [1.807, 2.05) is 53.4 Å². The molecule has 0 saturated carbocycles. The molecule has 3 aromatic rings. The molecule has 0 radical (unpaired) electrons. The lowest BCUT2D eigenvalue weighted by Gasteiger charge is -2.32. The third kappa shape index (κ3) is 5.06. The Balaban J connectivity index is 1.45. The van der Waals surface area contributed by atoms with E-state index in [1.54, 1.807) is 7.11 Å². The molecule has 0 unspecified atom stereocenters. The molecule has 0 atom stereocenters. The van der Waals surface area contributed by atoms with E-state index in [2.05, 4.69) is 36.2 Å². The second-order valence-corrected chi connectivity index (χ2v) is 7.80. The second-order valence-electron chi connectivity index (χ2n) is 7.80. The smallest absolute Gasteiger partial charge is 0.253 e. The molecule has 0 aromatic heterocycles. The first kappa shape index (κ1) is 20.9. The molecule has 0 N–H and O–H groups in total. The predicted octanol–water partition coefficient (Wildman–Crippen LogP) is 4.33. The van der Waals surface area contributed by atoms with Gasteiger partial charge >= 0.3 is 0 Å². The molecule has 31 heavy (non-hydrogen) atoms. The summed E-state index contributed by atoms with van der Waals surface area (Å²) in [6.07, 6.45) is 0. The largest absolute Gasteiger partial charge is 0.496 e. The number of nitrogens with zero attached hydrogens (tertiary/aromatic N) is 2. The van der Waals surface area contributed by atoms with Crippen LogP contribution in [0, 0.1) is 0 Å². The number of hydrogen-bond acceptors (Lipinski definition) is 4. The van der Waals surface area contributed by atoms with Crippen molar-refractivity contribution in [3.63, 3.8) is 0 Å². The van der Waals surface area contributed by atoms with Crippen LogP contribution in [0.1, 0.15) is 15.9 Å². The van der Waals surface area contributed by atoms with Crippen molar-refractivity contribution < 1.29 is 14.3 Å². The molecule has 1 aliphatic heterocycles. The molecule has 0 spiro atoms. The number of likely N-dealkylation sites (N-methyl/N-ethyl adjacent to an activating group) is 1. The summed E-state index contributed by atoms with van der Waals surface area (Å²) in [4.78, 5) is 17.1. The lowest BCUT2D eigenvalue weighted by molar-refractivity contribution is 0.0664.